The minimum Gasteiger partial charge on any atom is -0.282 e. The van der Waals surface area contributed by atoms with Crippen LogP contribution >= 0.6 is 11.8 Å². The summed E-state index contributed by atoms with van der Waals surface area (Å²) in [6.07, 6.45) is 4.55. The van der Waals surface area contributed by atoms with Crippen LogP contribution in [0.5, 0.6) is 0 Å². The first-order valence-electron chi connectivity index (χ1n) is 5.84. The van der Waals surface area contributed by atoms with Crippen molar-refractivity contribution in [3.05, 3.63) is 11.6 Å². The molecule has 0 heterocycles. The van der Waals surface area contributed by atoms with Gasteiger partial charge in [-0.05, 0) is 30.1 Å². The topological polar surface area (TPSA) is 17.1 Å². The third kappa shape index (κ3) is 1.77. The van der Waals surface area contributed by atoms with E-state index in [4.69, 9.17) is 0 Å². The van der Waals surface area contributed by atoms with Crippen molar-refractivity contribution in [3.8, 4) is 0 Å². The summed E-state index contributed by atoms with van der Waals surface area (Å²) in [6.45, 7) is 8.79. The number of carbonyl (C=O) groups is 1. The van der Waals surface area contributed by atoms with Crippen molar-refractivity contribution in [1.82, 2.24) is 0 Å². The van der Waals surface area contributed by atoms with Gasteiger partial charge in [-0.2, -0.15) is 0 Å². The van der Waals surface area contributed by atoms with E-state index in [1.165, 1.54) is 18.2 Å². The third-order valence-electron chi connectivity index (χ3n) is 4.05. The number of thioether (sulfide) groups is 1. The molecule has 2 atom stereocenters. The van der Waals surface area contributed by atoms with Crippen LogP contribution in [0.1, 0.15) is 40.5 Å². The van der Waals surface area contributed by atoms with Crippen molar-refractivity contribution in [3.63, 3.8) is 0 Å². The number of hydrogen-bond acceptors (Lipinski definition) is 2. The molecule has 15 heavy (non-hydrogen) atoms. The van der Waals surface area contributed by atoms with Gasteiger partial charge in [0.1, 0.15) is 0 Å². The van der Waals surface area contributed by atoms with Gasteiger partial charge in [0.05, 0.1) is 0 Å². The molecule has 1 fully saturated rings. The molecule has 2 heteroatoms. The van der Waals surface area contributed by atoms with Crippen molar-refractivity contribution >= 4 is 16.9 Å². The Labute approximate surface area is 96.7 Å². The number of allylic oxidation sites excluding steroid dienone is 1. The highest BCUT2D eigenvalue weighted by Gasteiger charge is 2.52. The first kappa shape index (κ1) is 11.3. The van der Waals surface area contributed by atoms with Crippen molar-refractivity contribution in [2.75, 3.05) is 0 Å². The van der Waals surface area contributed by atoms with E-state index in [9.17, 15) is 4.79 Å². The van der Waals surface area contributed by atoms with Gasteiger partial charge in [0.25, 0.3) is 0 Å². The molecule has 0 aliphatic heterocycles. The highest BCUT2D eigenvalue weighted by atomic mass is 32.2. The normalized spacial score (nSPS) is 32.2. The van der Waals surface area contributed by atoms with Gasteiger partial charge >= 0.3 is 0 Å². The van der Waals surface area contributed by atoms with Crippen LogP contribution < -0.4 is 0 Å². The Balaban J connectivity index is 2.11. The maximum atomic E-state index is 12.0. The Bertz CT molecular complexity index is 314. The second kappa shape index (κ2) is 3.65. The predicted octanol–water partition coefficient (Wildman–Crippen LogP) is 3.65. The smallest absolute Gasteiger partial charge is 0.215 e. The lowest BCUT2D eigenvalue weighted by molar-refractivity contribution is -0.111. The van der Waals surface area contributed by atoms with E-state index in [0.29, 0.717) is 21.7 Å². The SMILES string of the molecule is CC(C)SC(=O)C1=CC[C@@H]2C[C@H]1C2(C)C. The zero-order chi connectivity index (χ0) is 11.2. The van der Waals surface area contributed by atoms with E-state index < -0.39 is 0 Å². The van der Waals surface area contributed by atoms with Gasteiger partial charge in [0.15, 0.2) is 0 Å². The van der Waals surface area contributed by atoms with Crippen molar-refractivity contribution in [1.29, 1.82) is 0 Å². The summed E-state index contributed by atoms with van der Waals surface area (Å²) in [6, 6.07) is 0. The largest absolute Gasteiger partial charge is 0.282 e. The molecule has 3 aliphatic carbocycles. The van der Waals surface area contributed by atoms with Crippen molar-refractivity contribution in [2.24, 2.45) is 17.3 Å². The van der Waals surface area contributed by atoms with Crippen LogP contribution in [0.25, 0.3) is 0 Å². The highest BCUT2D eigenvalue weighted by Crippen LogP contribution is 2.59. The fourth-order valence-corrected chi connectivity index (χ4v) is 3.65. The molecule has 1 nitrogen and oxygen atoms in total. The molecular formula is C13H20OS. The molecule has 0 N–H and O–H groups in total. The maximum absolute atomic E-state index is 12.0. The highest BCUT2D eigenvalue weighted by molar-refractivity contribution is 8.14. The van der Waals surface area contributed by atoms with E-state index in [1.54, 1.807) is 0 Å². The minimum atomic E-state index is 0.321. The fourth-order valence-electron chi connectivity index (χ4n) is 2.86. The van der Waals surface area contributed by atoms with Crippen molar-refractivity contribution in [2.45, 2.75) is 45.8 Å². The van der Waals surface area contributed by atoms with Gasteiger partial charge in [-0.25, -0.2) is 0 Å². The van der Waals surface area contributed by atoms with Crippen LogP contribution in [0.4, 0.5) is 0 Å². The molecule has 0 unspecified atom stereocenters. The van der Waals surface area contributed by atoms with Gasteiger partial charge < -0.3 is 0 Å². The zero-order valence-corrected chi connectivity index (χ0v) is 10.9. The first-order chi connectivity index (χ1) is 6.93. The standard InChI is InChI=1S/C13H20OS/c1-8(2)15-12(14)10-6-5-9-7-11(10)13(9,3)4/h6,8-9,11H,5,7H2,1-4H3/t9-,11-/m1/s1. The van der Waals surface area contributed by atoms with Gasteiger partial charge in [0.2, 0.25) is 5.12 Å². The summed E-state index contributed by atoms with van der Waals surface area (Å²) in [5, 5.41) is 0.723. The number of rotatable bonds is 2. The van der Waals surface area contributed by atoms with Crippen molar-refractivity contribution < 1.29 is 4.79 Å². The Morgan fingerprint density at radius 1 is 1.53 bits per heavy atom. The molecule has 3 aliphatic rings. The number of carbonyl (C=O) groups excluding carboxylic acids is 1. The quantitative estimate of drug-likeness (QED) is 0.712. The zero-order valence-electron chi connectivity index (χ0n) is 10.0. The van der Waals surface area contributed by atoms with Gasteiger partial charge in [-0.3, -0.25) is 4.79 Å². The van der Waals surface area contributed by atoms with E-state index in [1.807, 2.05) is 0 Å². The summed E-state index contributed by atoms with van der Waals surface area (Å²) >= 11 is 1.48. The Kier molecular flexibility index (Phi) is 2.74. The minimum absolute atomic E-state index is 0.321. The fraction of sp³-hybridized carbons (Fsp3) is 0.769. The molecule has 0 amide bonds. The molecule has 0 aromatic carbocycles. The van der Waals surface area contributed by atoms with Crippen LogP contribution in [0.2, 0.25) is 0 Å². The second-order valence-corrected chi connectivity index (χ2v) is 7.21. The average Bonchev–Trinajstić information content (AvgIpc) is 2.16. The molecule has 0 spiro atoms. The molecular weight excluding hydrogens is 204 g/mol. The lowest BCUT2D eigenvalue weighted by atomic mass is 9.49. The third-order valence-corrected chi connectivity index (χ3v) is 4.97. The van der Waals surface area contributed by atoms with Crippen LogP contribution in [0.3, 0.4) is 0 Å². The van der Waals surface area contributed by atoms with E-state index in [-0.39, 0.29) is 0 Å². The molecule has 0 aromatic heterocycles. The summed E-state index contributed by atoms with van der Waals surface area (Å²) in [4.78, 5) is 12.0. The number of fused-ring (bicyclic) bond motifs is 1. The van der Waals surface area contributed by atoms with Crippen LogP contribution in [0.15, 0.2) is 11.6 Å². The molecule has 84 valence electrons. The Hall–Kier alpha value is -0.240. The summed E-state index contributed by atoms with van der Waals surface area (Å²) in [7, 11) is 0. The lowest BCUT2D eigenvalue weighted by Crippen LogP contribution is -2.49. The summed E-state index contributed by atoms with van der Waals surface area (Å²) in [5.41, 5.74) is 1.48. The maximum Gasteiger partial charge on any atom is 0.215 e. The van der Waals surface area contributed by atoms with E-state index in [2.05, 4.69) is 33.8 Å². The Morgan fingerprint density at radius 2 is 2.20 bits per heavy atom. The van der Waals surface area contributed by atoms with Crippen LogP contribution in [-0.4, -0.2) is 10.4 Å². The molecule has 0 saturated heterocycles. The first-order valence-corrected chi connectivity index (χ1v) is 6.72. The summed E-state index contributed by atoms with van der Waals surface area (Å²) < 4.78 is 0. The van der Waals surface area contributed by atoms with Gasteiger partial charge in [0, 0.05) is 10.8 Å². The van der Waals surface area contributed by atoms with E-state index in [0.717, 1.165) is 17.9 Å². The predicted molar refractivity (Wildman–Crippen MR) is 65.8 cm³/mol. The van der Waals surface area contributed by atoms with E-state index >= 15 is 0 Å². The molecule has 3 rings (SSSR count). The molecule has 0 radical (unpaired) electrons. The number of hydrogen-bond donors (Lipinski definition) is 0. The average molecular weight is 224 g/mol. The molecule has 2 bridgehead atoms. The van der Waals surface area contributed by atoms with Gasteiger partial charge in [-0.15, -0.1) is 0 Å². The Morgan fingerprint density at radius 3 is 2.67 bits per heavy atom. The van der Waals surface area contributed by atoms with Crippen LogP contribution in [0, 0.1) is 17.3 Å². The molecule has 0 aromatic rings. The second-order valence-electron chi connectivity index (χ2n) is 5.66. The van der Waals surface area contributed by atoms with Crippen LogP contribution in [-0.2, 0) is 4.79 Å². The lowest BCUT2D eigenvalue weighted by Gasteiger charge is -2.56. The summed E-state index contributed by atoms with van der Waals surface area (Å²) in [5.74, 6) is 1.36. The van der Waals surface area contributed by atoms with Gasteiger partial charge in [-0.1, -0.05) is 45.5 Å². The molecule has 1 saturated carbocycles. The monoisotopic (exact) mass is 224 g/mol.